The molecule has 1 saturated heterocycles. The third-order valence-electron chi connectivity index (χ3n) is 5.98. The van der Waals surface area contributed by atoms with Gasteiger partial charge in [0.2, 0.25) is 11.8 Å². The minimum Gasteiger partial charge on any atom is -0.369 e. The number of carbonyl (C=O) groups is 2. The SMILES string of the molecule is Cc1ccc(CC(=O)N2CCC(Cc3cccc(-c4cccs4)c3)(C(N)=O)C2)cc1. The van der Waals surface area contributed by atoms with Gasteiger partial charge in [0, 0.05) is 18.0 Å². The Morgan fingerprint density at radius 3 is 2.57 bits per heavy atom. The van der Waals surface area contributed by atoms with Crippen LogP contribution in [0.25, 0.3) is 10.4 Å². The lowest BCUT2D eigenvalue weighted by molar-refractivity contribution is -0.131. The molecule has 4 rings (SSSR count). The summed E-state index contributed by atoms with van der Waals surface area (Å²) in [5, 5.41) is 2.06. The molecule has 154 valence electrons. The molecule has 1 atom stereocenters. The van der Waals surface area contributed by atoms with Gasteiger partial charge in [0.05, 0.1) is 11.8 Å². The summed E-state index contributed by atoms with van der Waals surface area (Å²) in [6, 6.07) is 20.4. The van der Waals surface area contributed by atoms with E-state index in [1.54, 1.807) is 16.2 Å². The minimum absolute atomic E-state index is 0.0503. The van der Waals surface area contributed by atoms with Crippen molar-refractivity contribution in [3.05, 3.63) is 82.7 Å². The largest absolute Gasteiger partial charge is 0.369 e. The van der Waals surface area contributed by atoms with Gasteiger partial charge in [-0.15, -0.1) is 11.3 Å². The van der Waals surface area contributed by atoms with Crippen molar-refractivity contribution < 1.29 is 9.59 Å². The van der Waals surface area contributed by atoms with Gasteiger partial charge in [-0.2, -0.15) is 0 Å². The first-order chi connectivity index (χ1) is 14.4. The van der Waals surface area contributed by atoms with Gasteiger partial charge in [-0.1, -0.05) is 60.2 Å². The molecule has 0 bridgehead atoms. The van der Waals surface area contributed by atoms with Crippen LogP contribution >= 0.6 is 11.3 Å². The van der Waals surface area contributed by atoms with Crippen molar-refractivity contribution >= 4 is 23.2 Å². The lowest BCUT2D eigenvalue weighted by Crippen LogP contribution is -2.42. The van der Waals surface area contributed by atoms with E-state index in [-0.39, 0.29) is 11.8 Å². The predicted molar refractivity (Wildman–Crippen MR) is 121 cm³/mol. The summed E-state index contributed by atoms with van der Waals surface area (Å²) in [4.78, 5) is 28.3. The maximum atomic E-state index is 12.8. The Bertz CT molecular complexity index is 1040. The van der Waals surface area contributed by atoms with Crippen molar-refractivity contribution in [2.75, 3.05) is 13.1 Å². The first kappa shape index (κ1) is 20.4. The molecule has 30 heavy (non-hydrogen) atoms. The van der Waals surface area contributed by atoms with Crippen LogP contribution < -0.4 is 5.73 Å². The van der Waals surface area contributed by atoms with Gasteiger partial charge in [0.1, 0.15) is 0 Å². The number of aryl methyl sites for hydroxylation is 1. The Morgan fingerprint density at radius 1 is 1.07 bits per heavy atom. The van der Waals surface area contributed by atoms with Crippen LogP contribution in [0.1, 0.15) is 23.1 Å². The van der Waals surface area contributed by atoms with Gasteiger partial charge < -0.3 is 10.6 Å². The van der Waals surface area contributed by atoms with E-state index >= 15 is 0 Å². The number of thiophene rings is 1. The fraction of sp³-hybridized carbons (Fsp3) is 0.280. The zero-order valence-electron chi connectivity index (χ0n) is 17.1. The summed E-state index contributed by atoms with van der Waals surface area (Å²) in [6.45, 7) is 2.98. The second-order valence-electron chi connectivity index (χ2n) is 8.23. The molecule has 4 nitrogen and oxygen atoms in total. The lowest BCUT2D eigenvalue weighted by Gasteiger charge is -2.26. The van der Waals surface area contributed by atoms with Gasteiger partial charge >= 0.3 is 0 Å². The summed E-state index contributed by atoms with van der Waals surface area (Å²) in [7, 11) is 0. The van der Waals surface area contributed by atoms with E-state index in [0.717, 1.165) is 16.7 Å². The standard InChI is InChI=1S/C25H26N2O2S/c1-18-7-9-19(10-8-18)15-23(28)27-12-11-25(17-27,24(26)29)16-20-4-2-5-21(14-20)22-6-3-13-30-22/h2-10,13-14H,11-12,15-17H2,1H3,(H2,26,29). The van der Waals surface area contributed by atoms with E-state index in [4.69, 9.17) is 5.73 Å². The molecule has 1 aromatic heterocycles. The molecule has 1 aliphatic rings. The van der Waals surface area contributed by atoms with Crippen molar-refractivity contribution in [2.24, 2.45) is 11.1 Å². The number of carbonyl (C=O) groups excluding carboxylic acids is 2. The van der Waals surface area contributed by atoms with Crippen molar-refractivity contribution in [1.29, 1.82) is 0 Å². The average molecular weight is 419 g/mol. The molecule has 0 saturated carbocycles. The number of hydrogen-bond donors (Lipinski definition) is 1. The molecule has 5 heteroatoms. The van der Waals surface area contributed by atoms with Crippen molar-refractivity contribution in [1.82, 2.24) is 4.90 Å². The van der Waals surface area contributed by atoms with Crippen LogP contribution in [0.4, 0.5) is 0 Å². The molecule has 1 fully saturated rings. The Balaban J connectivity index is 1.49. The molecular weight excluding hydrogens is 392 g/mol. The lowest BCUT2D eigenvalue weighted by atomic mass is 9.80. The Hall–Kier alpha value is -2.92. The van der Waals surface area contributed by atoms with Crippen molar-refractivity contribution in [2.45, 2.75) is 26.2 Å². The highest BCUT2D eigenvalue weighted by molar-refractivity contribution is 7.13. The monoisotopic (exact) mass is 418 g/mol. The quantitative estimate of drug-likeness (QED) is 0.652. The van der Waals surface area contributed by atoms with Crippen LogP contribution in [0.15, 0.2) is 66.0 Å². The number of hydrogen-bond acceptors (Lipinski definition) is 3. The third kappa shape index (κ3) is 4.31. The number of nitrogens with two attached hydrogens (primary N) is 1. The maximum Gasteiger partial charge on any atom is 0.227 e. The van der Waals surface area contributed by atoms with E-state index in [1.807, 2.05) is 49.4 Å². The number of amides is 2. The highest BCUT2D eigenvalue weighted by atomic mass is 32.1. The van der Waals surface area contributed by atoms with Gasteiger partial charge in [-0.3, -0.25) is 9.59 Å². The first-order valence-corrected chi connectivity index (χ1v) is 11.1. The maximum absolute atomic E-state index is 12.8. The second-order valence-corrected chi connectivity index (χ2v) is 9.17. The molecule has 2 amide bonds. The fourth-order valence-electron chi connectivity index (χ4n) is 4.18. The van der Waals surface area contributed by atoms with E-state index < -0.39 is 5.41 Å². The molecule has 0 radical (unpaired) electrons. The van der Waals surface area contributed by atoms with Crippen LogP contribution in [0.3, 0.4) is 0 Å². The first-order valence-electron chi connectivity index (χ1n) is 10.2. The van der Waals surface area contributed by atoms with E-state index in [9.17, 15) is 9.59 Å². The molecule has 0 aliphatic carbocycles. The van der Waals surface area contributed by atoms with Gasteiger partial charge in [-0.25, -0.2) is 0 Å². The number of benzene rings is 2. The molecular formula is C25H26N2O2S. The third-order valence-corrected chi connectivity index (χ3v) is 6.90. The number of rotatable bonds is 6. The molecule has 0 spiro atoms. The zero-order chi connectivity index (χ0) is 21.1. The Morgan fingerprint density at radius 2 is 1.87 bits per heavy atom. The molecule has 1 aliphatic heterocycles. The normalized spacial score (nSPS) is 18.5. The van der Waals surface area contributed by atoms with E-state index in [0.29, 0.717) is 32.4 Å². The summed E-state index contributed by atoms with van der Waals surface area (Å²) in [6.07, 6.45) is 1.50. The molecule has 2 heterocycles. The van der Waals surface area contributed by atoms with Crippen LogP contribution in [0.5, 0.6) is 0 Å². The van der Waals surface area contributed by atoms with E-state index in [1.165, 1.54) is 10.4 Å². The second kappa shape index (κ2) is 8.44. The smallest absolute Gasteiger partial charge is 0.227 e. The molecule has 2 N–H and O–H groups in total. The van der Waals surface area contributed by atoms with Gasteiger partial charge in [0.15, 0.2) is 0 Å². The topological polar surface area (TPSA) is 63.4 Å². The summed E-state index contributed by atoms with van der Waals surface area (Å²) >= 11 is 1.69. The molecule has 3 aromatic rings. The van der Waals surface area contributed by atoms with Crippen molar-refractivity contribution in [3.8, 4) is 10.4 Å². The van der Waals surface area contributed by atoms with Crippen LogP contribution in [0, 0.1) is 12.3 Å². The Labute approximate surface area is 181 Å². The van der Waals surface area contributed by atoms with Crippen LogP contribution in [-0.4, -0.2) is 29.8 Å². The Kier molecular flexibility index (Phi) is 5.73. The van der Waals surface area contributed by atoms with Crippen LogP contribution in [0.2, 0.25) is 0 Å². The van der Waals surface area contributed by atoms with E-state index in [2.05, 4.69) is 23.6 Å². The number of nitrogens with zero attached hydrogens (tertiary/aromatic N) is 1. The zero-order valence-corrected chi connectivity index (χ0v) is 18.0. The van der Waals surface area contributed by atoms with Gasteiger partial charge in [0.25, 0.3) is 0 Å². The highest BCUT2D eigenvalue weighted by Gasteiger charge is 2.44. The van der Waals surface area contributed by atoms with Crippen LogP contribution in [-0.2, 0) is 22.4 Å². The summed E-state index contributed by atoms with van der Waals surface area (Å²) in [5.74, 6) is -0.274. The number of likely N-dealkylation sites (tertiary alicyclic amines) is 1. The van der Waals surface area contributed by atoms with Gasteiger partial charge in [-0.05, 0) is 47.9 Å². The minimum atomic E-state index is -0.711. The highest BCUT2D eigenvalue weighted by Crippen LogP contribution is 2.35. The molecule has 1 unspecified atom stereocenters. The summed E-state index contributed by atoms with van der Waals surface area (Å²) in [5.41, 5.74) is 9.54. The summed E-state index contributed by atoms with van der Waals surface area (Å²) < 4.78 is 0. The number of primary amides is 1. The predicted octanol–water partition coefficient (Wildman–Crippen LogP) is 4.21. The molecule has 2 aromatic carbocycles. The fourth-order valence-corrected chi connectivity index (χ4v) is 4.90. The average Bonchev–Trinajstić information content (AvgIpc) is 3.41. The van der Waals surface area contributed by atoms with Crippen molar-refractivity contribution in [3.63, 3.8) is 0 Å².